The van der Waals surface area contributed by atoms with Gasteiger partial charge in [0.05, 0.1) is 20.7 Å². The van der Waals surface area contributed by atoms with Crippen LogP contribution in [0.25, 0.3) is 0 Å². The van der Waals surface area contributed by atoms with Gasteiger partial charge in [0.15, 0.2) is 0 Å². The third kappa shape index (κ3) is 6.14. The maximum absolute atomic E-state index is 2.45. The molecule has 0 aliphatic heterocycles. The van der Waals surface area contributed by atoms with Gasteiger partial charge in [-0.3, -0.25) is 0 Å². The number of benzene rings is 2. The van der Waals surface area contributed by atoms with Gasteiger partial charge in [0, 0.05) is 12.3 Å². The van der Waals surface area contributed by atoms with Crippen LogP contribution < -0.4 is 10.6 Å². The summed E-state index contributed by atoms with van der Waals surface area (Å²) in [6.07, 6.45) is 13.9. The van der Waals surface area contributed by atoms with E-state index in [1.807, 2.05) is 0 Å². The molecule has 0 saturated carbocycles. The van der Waals surface area contributed by atoms with Crippen molar-refractivity contribution in [3.05, 3.63) is 60.7 Å². The summed E-state index contributed by atoms with van der Waals surface area (Å²) in [5, 5.41) is 3.33. The van der Waals surface area contributed by atoms with Crippen molar-refractivity contribution < 1.29 is 0 Å². The monoisotopic (exact) mass is 401 g/mol. The Morgan fingerprint density at radius 2 is 1.04 bits per heavy atom. The molecule has 0 bridgehead atoms. The molecule has 0 amide bonds. The van der Waals surface area contributed by atoms with Gasteiger partial charge < -0.3 is 0 Å². The molecule has 0 aliphatic carbocycles. The van der Waals surface area contributed by atoms with E-state index in [2.05, 4.69) is 81.4 Å². The molecule has 2 aromatic rings. The van der Waals surface area contributed by atoms with Crippen molar-refractivity contribution in [1.82, 2.24) is 0 Å². The SMILES string of the molecule is CCCCCP(CCCCC)[P+](CCC)(c1ccccc1)c1ccccc1. The Morgan fingerprint density at radius 3 is 1.41 bits per heavy atom. The van der Waals surface area contributed by atoms with Crippen molar-refractivity contribution in [3.8, 4) is 0 Å². The molecule has 0 heterocycles. The molecule has 0 aromatic heterocycles. The molecule has 0 unspecified atom stereocenters. The van der Waals surface area contributed by atoms with Gasteiger partial charge in [-0.25, -0.2) is 0 Å². The fourth-order valence-electron chi connectivity index (χ4n) is 4.09. The minimum atomic E-state index is -1.33. The lowest BCUT2D eigenvalue weighted by Gasteiger charge is -2.35. The van der Waals surface area contributed by atoms with E-state index < -0.39 is 6.95 Å². The third-order valence-electron chi connectivity index (χ3n) is 5.44. The van der Waals surface area contributed by atoms with E-state index in [9.17, 15) is 0 Å². The van der Waals surface area contributed by atoms with Crippen molar-refractivity contribution in [3.63, 3.8) is 0 Å². The van der Waals surface area contributed by atoms with E-state index in [0.717, 1.165) is 0 Å². The maximum atomic E-state index is 2.45. The fraction of sp³-hybridized carbons (Fsp3) is 0.520. The maximum Gasteiger partial charge on any atom is 0.102 e. The van der Waals surface area contributed by atoms with Gasteiger partial charge in [-0.05, 0) is 43.5 Å². The Hall–Kier alpha value is -0.700. The molecule has 0 atom stereocenters. The molecule has 0 radical (unpaired) electrons. The standard InChI is InChI=1S/C25H39P2/c1-4-7-15-21-26(22-16-8-5-2)27(23-6-3,24-17-11-9-12-18-24)25-19-13-10-14-20-25/h9-14,17-20H,4-8,15-16,21-23H2,1-3H3/q+1. The van der Waals surface area contributed by atoms with Crippen LogP contribution >= 0.6 is 14.6 Å². The van der Waals surface area contributed by atoms with E-state index in [-0.39, 0.29) is 7.61 Å². The normalized spacial score (nSPS) is 11.9. The molecular formula is C25H39P2+. The number of rotatable bonds is 13. The molecule has 148 valence electrons. The highest BCUT2D eigenvalue weighted by Crippen LogP contribution is 2.82. The molecule has 0 fully saturated rings. The number of unbranched alkanes of at least 4 members (excludes halogenated alkanes) is 4. The smallest absolute Gasteiger partial charge is 0.0654 e. The topological polar surface area (TPSA) is 0 Å². The Labute approximate surface area is 170 Å². The largest absolute Gasteiger partial charge is 0.102 e. The van der Waals surface area contributed by atoms with Crippen molar-refractivity contribution >= 4 is 25.2 Å². The van der Waals surface area contributed by atoms with Gasteiger partial charge in [-0.2, -0.15) is 0 Å². The van der Waals surface area contributed by atoms with Crippen LogP contribution in [0.15, 0.2) is 60.7 Å². The Bertz CT molecular complexity index is 559. The second-order valence-corrected chi connectivity index (χ2v) is 16.2. The molecule has 0 aliphatic rings. The van der Waals surface area contributed by atoms with E-state index >= 15 is 0 Å². The molecule has 2 heteroatoms. The summed E-state index contributed by atoms with van der Waals surface area (Å²) < 4.78 is 0. The zero-order valence-corrected chi connectivity index (χ0v) is 19.5. The lowest BCUT2D eigenvalue weighted by molar-refractivity contribution is 0.764. The van der Waals surface area contributed by atoms with Crippen molar-refractivity contribution in [1.29, 1.82) is 0 Å². The van der Waals surface area contributed by atoms with E-state index in [1.54, 1.807) is 10.6 Å². The lowest BCUT2D eigenvalue weighted by atomic mass is 10.3. The molecule has 27 heavy (non-hydrogen) atoms. The minimum Gasteiger partial charge on any atom is -0.0654 e. The van der Waals surface area contributed by atoms with Crippen LogP contribution in [0.1, 0.15) is 65.7 Å². The number of hydrogen-bond donors (Lipinski definition) is 0. The lowest BCUT2D eigenvalue weighted by Crippen LogP contribution is -2.25. The molecule has 2 aromatic carbocycles. The van der Waals surface area contributed by atoms with E-state index in [1.165, 1.54) is 63.4 Å². The van der Waals surface area contributed by atoms with Crippen molar-refractivity contribution in [2.45, 2.75) is 65.7 Å². The fourth-order valence-corrected chi connectivity index (χ4v) is 17.0. The summed E-state index contributed by atoms with van der Waals surface area (Å²) in [5.74, 6) is 0. The first-order chi connectivity index (χ1) is 13.3. The quantitative estimate of drug-likeness (QED) is 0.237. The van der Waals surface area contributed by atoms with Gasteiger partial charge in [0.25, 0.3) is 0 Å². The predicted molar refractivity (Wildman–Crippen MR) is 130 cm³/mol. The highest BCUT2D eigenvalue weighted by Gasteiger charge is 2.48. The second kappa shape index (κ2) is 12.7. The third-order valence-corrected chi connectivity index (χ3v) is 17.5. The Kier molecular flexibility index (Phi) is 10.6. The van der Waals surface area contributed by atoms with E-state index in [4.69, 9.17) is 0 Å². The second-order valence-electron chi connectivity index (χ2n) is 7.53. The molecule has 0 nitrogen and oxygen atoms in total. The molecule has 0 spiro atoms. The molecule has 2 rings (SSSR count). The Morgan fingerprint density at radius 1 is 0.593 bits per heavy atom. The van der Waals surface area contributed by atoms with Gasteiger partial charge >= 0.3 is 0 Å². The van der Waals surface area contributed by atoms with Gasteiger partial charge in [0.2, 0.25) is 0 Å². The Balaban J connectivity index is 2.51. The van der Waals surface area contributed by atoms with Gasteiger partial charge in [0.1, 0.15) is 10.6 Å². The highest BCUT2D eigenvalue weighted by molar-refractivity contribution is 8.45. The summed E-state index contributed by atoms with van der Waals surface area (Å²) in [4.78, 5) is 0. The van der Waals surface area contributed by atoms with Crippen LogP contribution in [0.4, 0.5) is 0 Å². The minimum absolute atomic E-state index is 0.0211. The highest BCUT2D eigenvalue weighted by atomic mass is 32.1. The van der Waals surface area contributed by atoms with Crippen LogP contribution in [0.2, 0.25) is 0 Å². The molecule has 0 saturated heterocycles. The zero-order chi connectivity index (χ0) is 19.4. The van der Waals surface area contributed by atoms with Crippen LogP contribution in [0.3, 0.4) is 0 Å². The first kappa shape index (κ1) is 22.6. The van der Waals surface area contributed by atoms with Crippen LogP contribution in [0.5, 0.6) is 0 Å². The first-order valence-electron chi connectivity index (χ1n) is 11.0. The zero-order valence-electron chi connectivity index (χ0n) is 17.7. The molecular weight excluding hydrogens is 362 g/mol. The number of hydrogen-bond acceptors (Lipinski definition) is 0. The summed E-state index contributed by atoms with van der Waals surface area (Å²) in [6.45, 7) is 5.74. The predicted octanol–water partition coefficient (Wildman–Crippen LogP) is 7.84. The van der Waals surface area contributed by atoms with Crippen molar-refractivity contribution in [2.24, 2.45) is 0 Å². The van der Waals surface area contributed by atoms with Gasteiger partial charge in [-0.15, -0.1) is 0 Å². The summed E-state index contributed by atoms with van der Waals surface area (Å²) in [5.41, 5.74) is 0. The van der Waals surface area contributed by atoms with Crippen LogP contribution in [-0.2, 0) is 0 Å². The average Bonchev–Trinajstić information content (AvgIpc) is 2.72. The van der Waals surface area contributed by atoms with Gasteiger partial charge in [-0.1, -0.05) is 82.9 Å². The summed E-state index contributed by atoms with van der Waals surface area (Å²) in [7, 11) is 0.0211. The van der Waals surface area contributed by atoms with Crippen LogP contribution in [0, 0.1) is 0 Å². The van der Waals surface area contributed by atoms with E-state index in [0.29, 0.717) is 0 Å². The summed E-state index contributed by atoms with van der Waals surface area (Å²) in [6, 6.07) is 23.3. The average molecular weight is 402 g/mol. The summed E-state index contributed by atoms with van der Waals surface area (Å²) >= 11 is 0. The molecule has 0 N–H and O–H groups in total. The van der Waals surface area contributed by atoms with Crippen LogP contribution in [-0.4, -0.2) is 18.5 Å². The first-order valence-corrected chi connectivity index (χ1v) is 15.4. The van der Waals surface area contributed by atoms with Crippen molar-refractivity contribution in [2.75, 3.05) is 18.5 Å².